The van der Waals surface area contributed by atoms with Gasteiger partial charge in [-0.3, -0.25) is 9.36 Å². The molecule has 0 aliphatic rings. The van der Waals surface area contributed by atoms with Crippen LogP contribution in [0.25, 0.3) is 21.5 Å². The van der Waals surface area contributed by atoms with Gasteiger partial charge in [-0.25, -0.2) is 9.37 Å². The molecule has 0 radical (unpaired) electrons. The van der Waals surface area contributed by atoms with E-state index in [1.54, 1.807) is 34.4 Å². The number of thiophene rings is 1. The fourth-order valence-electron chi connectivity index (χ4n) is 2.50. The number of halogens is 1. The van der Waals surface area contributed by atoms with E-state index < -0.39 is 0 Å². The van der Waals surface area contributed by atoms with Crippen molar-refractivity contribution in [3.8, 4) is 11.3 Å². The lowest BCUT2D eigenvalue weighted by Crippen LogP contribution is -2.20. The average molecular weight is 357 g/mol. The van der Waals surface area contributed by atoms with Crippen molar-refractivity contribution < 1.29 is 4.39 Å². The smallest absolute Gasteiger partial charge is 0.272 e. The minimum absolute atomic E-state index is 0.0811. The molecule has 24 heavy (non-hydrogen) atoms. The van der Waals surface area contributed by atoms with E-state index in [0.29, 0.717) is 22.5 Å². The van der Waals surface area contributed by atoms with Crippen LogP contribution in [-0.4, -0.2) is 13.9 Å². The molecule has 0 aliphatic carbocycles. The predicted molar refractivity (Wildman–Crippen MR) is 95.1 cm³/mol. The zero-order valence-electron chi connectivity index (χ0n) is 12.5. The molecule has 4 nitrogen and oxygen atoms in total. The van der Waals surface area contributed by atoms with Crippen LogP contribution in [0, 0.1) is 5.82 Å². The van der Waals surface area contributed by atoms with Crippen molar-refractivity contribution in [2.24, 2.45) is 0 Å². The van der Waals surface area contributed by atoms with E-state index in [4.69, 9.17) is 0 Å². The van der Waals surface area contributed by atoms with E-state index in [1.807, 2.05) is 11.4 Å². The van der Waals surface area contributed by atoms with Crippen LogP contribution in [0.4, 0.5) is 4.39 Å². The Morgan fingerprint density at radius 3 is 2.75 bits per heavy atom. The molecule has 0 N–H and O–H groups in total. The zero-order valence-corrected chi connectivity index (χ0v) is 14.1. The van der Waals surface area contributed by atoms with Crippen LogP contribution in [0.3, 0.4) is 0 Å². The Labute approximate surface area is 145 Å². The normalized spacial score (nSPS) is 11.2. The summed E-state index contributed by atoms with van der Waals surface area (Å²) in [5, 5.41) is 2.03. The molecule has 7 heteroatoms. The molecule has 3 aromatic heterocycles. The van der Waals surface area contributed by atoms with Gasteiger partial charge in [-0.1, -0.05) is 6.07 Å². The molecule has 120 valence electrons. The number of aromatic nitrogens is 3. The molecule has 0 unspecified atom stereocenters. The summed E-state index contributed by atoms with van der Waals surface area (Å²) in [4.78, 5) is 18.3. The lowest BCUT2D eigenvalue weighted by Gasteiger charge is -2.04. The van der Waals surface area contributed by atoms with Crippen LogP contribution >= 0.6 is 22.9 Å². The highest BCUT2D eigenvalue weighted by molar-refractivity contribution is 7.13. The molecule has 0 aliphatic heterocycles. The summed E-state index contributed by atoms with van der Waals surface area (Å²) in [6.45, 7) is 0.589. The monoisotopic (exact) mass is 357 g/mol. The number of hydrogen-bond acceptors (Lipinski definition) is 5. The number of nitrogens with zero attached hydrogens (tertiary/aromatic N) is 3. The molecule has 0 spiro atoms. The van der Waals surface area contributed by atoms with Gasteiger partial charge in [0.15, 0.2) is 0 Å². The molecule has 0 amide bonds. The molecule has 4 aromatic rings. The van der Waals surface area contributed by atoms with Crippen LogP contribution in [0.2, 0.25) is 0 Å². The molecule has 0 fully saturated rings. The van der Waals surface area contributed by atoms with Crippen molar-refractivity contribution in [1.82, 2.24) is 13.9 Å². The van der Waals surface area contributed by atoms with Gasteiger partial charge < -0.3 is 0 Å². The first-order chi connectivity index (χ1) is 11.7. The van der Waals surface area contributed by atoms with Gasteiger partial charge in [0.1, 0.15) is 21.7 Å². The SMILES string of the molecule is O=c1c2snc(-c3ccc(F)cc3)c2ncn1CCc1cccs1. The van der Waals surface area contributed by atoms with E-state index in [1.165, 1.54) is 17.0 Å². The third kappa shape index (κ3) is 2.76. The quantitative estimate of drug-likeness (QED) is 0.555. The number of fused-ring (bicyclic) bond motifs is 1. The highest BCUT2D eigenvalue weighted by Crippen LogP contribution is 2.27. The molecule has 3 heterocycles. The van der Waals surface area contributed by atoms with Gasteiger partial charge in [-0.15, -0.1) is 11.3 Å². The number of rotatable bonds is 4. The van der Waals surface area contributed by atoms with Crippen LogP contribution in [0.1, 0.15) is 4.88 Å². The summed E-state index contributed by atoms with van der Waals surface area (Å²) in [5.74, 6) is -0.304. The van der Waals surface area contributed by atoms with Gasteiger partial charge in [-0.05, 0) is 53.7 Å². The second kappa shape index (κ2) is 6.26. The topological polar surface area (TPSA) is 47.8 Å². The first-order valence-corrected chi connectivity index (χ1v) is 9.01. The Kier molecular flexibility index (Phi) is 3.95. The highest BCUT2D eigenvalue weighted by Gasteiger charge is 2.14. The van der Waals surface area contributed by atoms with Gasteiger partial charge in [0.25, 0.3) is 5.56 Å². The van der Waals surface area contributed by atoms with Gasteiger partial charge in [0.05, 0.1) is 6.33 Å². The van der Waals surface area contributed by atoms with Gasteiger partial charge in [0, 0.05) is 17.0 Å². The lowest BCUT2D eigenvalue weighted by molar-refractivity contribution is 0.628. The van der Waals surface area contributed by atoms with Crippen molar-refractivity contribution in [2.45, 2.75) is 13.0 Å². The van der Waals surface area contributed by atoms with Crippen molar-refractivity contribution >= 4 is 33.1 Å². The van der Waals surface area contributed by atoms with Crippen molar-refractivity contribution in [2.75, 3.05) is 0 Å². The molecule has 0 atom stereocenters. The molecular formula is C17H12FN3OS2. The second-order valence-electron chi connectivity index (χ2n) is 5.29. The largest absolute Gasteiger partial charge is 0.298 e. The van der Waals surface area contributed by atoms with Crippen LogP contribution in [-0.2, 0) is 13.0 Å². The van der Waals surface area contributed by atoms with Crippen molar-refractivity contribution in [3.63, 3.8) is 0 Å². The average Bonchev–Trinajstić information content (AvgIpc) is 3.25. The molecule has 4 rings (SSSR count). The van der Waals surface area contributed by atoms with E-state index in [9.17, 15) is 9.18 Å². The van der Waals surface area contributed by atoms with E-state index in [-0.39, 0.29) is 11.4 Å². The van der Waals surface area contributed by atoms with Gasteiger partial charge in [-0.2, -0.15) is 4.37 Å². The van der Waals surface area contributed by atoms with E-state index >= 15 is 0 Å². The Hall–Kier alpha value is -2.38. The molecule has 0 bridgehead atoms. The molecular weight excluding hydrogens is 345 g/mol. The number of aryl methyl sites for hydroxylation is 2. The predicted octanol–water partition coefficient (Wildman–Crippen LogP) is 3.96. The Balaban J connectivity index is 1.70. The van der Waals surface area contributed by atoms with E-state index in [2.05, 4.69) is 15.4 Å². The summed E-state index contributed by atoms with van der Waals surface area (Å²) in [6, 6.07) is 10.1. The van der Waals surface area contributed by atoms with Crippen molar-refractivity contribution in [1.29, 1.82) is 0 Å². The maximum absolute atomic E-state index is 13.1. The lowest BCUT2D eigenvalue weighted by atomic mass is 10.1. The number of benzene rings is 1. The third-order valence-electron chi connectivity index (χ3n) is 3.75. The fourth-order valence-corrected chi connectivity index (χ4v) is 4.00. The maximum atomic E-state index is 13.1. The van der Waals surface area contributed by atoms with Gasteiger partial charge >= 0.3 is 0 Å². The second-order valence-corrected chi connectivity index (χ2v) is 7.09. The van der Waals surface area contributed by atoms with Crippen molar-refractivity contribution in [3.05, 3.63) is 69.2 Å². The Bertz CT molecular complexity index is 1040. The standard InChI is InChI=1S/C17H12FN3OS2/c18-12-5-3-11(4-6-12)14-15-16(24-20-14)17(22)21(10-19-15)8-7-13-2-1-9-23-13/h1-6,9-10H,7-8H2. The fraction of sp³-hybridized carbons (Fsp3) is 0.118. The number of hydrogen-bond donors (Lipinski definition) is 0. The highest BCUT2D eigenvalue weighted by atomic mass is 32.1. The first kappa shape index (κ1) is 15.2. The van der Waals surface area contributed by atoms with Crippen LogP contribution in [0.5, 0.6) is 0 Å². The molecule has 0 saturated heterocycles. The molecule has 1 aromatic carbocycles. The maximum Gasteiger partial charge on any atom is 0.272 e. The third-order valence-corrected chi connectivity index (χ3v) is 5.51. The summed E-state index contributed by atoms with van der Waals surface area (Å²) in [7, 11) is 0. The minimum Gasteiger partial charge on any atom is -0.298 e. The van der Waals surface area contributed by atoms with Crippen LogP contribution < -0.4 is 5.56 Å². The summed E-state index contributed by atoms with van der Waals surface area (Å²) in [6.07, 6.45) is 2.37. The summed E-state index contributed by atoms with van der Waals surface area (Å²) < 4.78 is 19.6. The summed E-state index contributed by atoms with van der Waals surface area (Å²) in [5.41, 5.74) is 1.87. The van der Waals surface area contributed by atoms with Crippen LogP contribution in [0.15, 0.2) is 52.9 Å². The Morgan fingerprint density at radius 2 is 2.00 bits per heavy atom. The zero-order chi connectivity index (χ0) is 16.5. The molecule has 0 saturated carbocycles. The Morgan fingerprint density at radius 1 is 1.17 bits per heavy atom. The first-order valence-electron chi connectivity index (χ1n) is 7.35. The minimum atomic E-state index is -0.304. The summed E-state index contributed by atoms with van der Waals surface area (Å²) >= 11 is 2.82. The van der Waals surface area contributed by atoms with E-state index in [0.717, 1.165) is 23.5 Å². The van der Waals surface area contributed by atoms with Gasteiger partial charge in [0.2, 0.25) is 0 Å².